The summed E-state index contributed by atoms with van der Waals surface area (Å²) in [6.07, 6.45) is 6.25. The zero-order valence-electron chi connectivity index (χ0n) is 11.0. The highest BCUT2D eigenvalue weighted by Gasteiger charge is 2.75. The molecule has 1 N–H and O–H groups in total. The van der Waals surface area contributed by atoms with Gasteiger partial charge in [-0.2, -0.15) is 0 Å². The van der Waals surface area contributed by atoms with E-state index >= 15 is 0 Å². The summed E-state index contributed by atoms with van der Waals surface area (Å²) < 4.78 is 0. The zero-order valence-corrected chi connectivity index (χ0v) is 11.0. The molecule has 2 saturated carbocycles. The number of ketones is 1. The van der Waals surface area contributed by atoms with Crippen LogP contribution in [0.15, 0.2) is 11.6 Å². The predicted molar refractivity (Wildman–Crippen MR) is 66.5 cm³/mol. The second-order valence-corrected chi connectivity index (χ2v) is 7.04. The number of aliphatic hydroxyl groups is 1. The lowest BCUT2D eigenvalue weighted by atomic mass is 9.49. The molecule has 2 heteroatoms. The first-order chi connectivity index (χ1) is 7.89. The van der Waals surface area contributed by atoms with Crippen LogP contribution in [-0.4, -0.2) is 17.5 Å². The van der Waals surface area contributed by atoms with Crippen LogP contribution in [0.5, 0.6) is 0 Å². The average molecular weight is 234 g/mol. The SMILES string of the molecule is CC1(C)CCC[C@@]2(C)C(=O)C=C(CO)[C@@H]3C[C@]312. The van der Waals surface area contributed by atoms with Gasteiger partial charge < -0.3 is 5.11 Å². The molecule has 3 aliphatic carbocycles. The van der Waals surface area contributed by atoms with E-state index in [1.807, 2.05) is 0 Å². The Bertz CT molecular complexity index is 421. The molecule has 94 valence electrons. The summed E-state index contributed by atoms with van der Waals surface area (Å²) in [7, 11) is 0. The van der Waals surface area contributed by atoms with Gasteiger partial charge in [0.15, 0.2) is 5.78 Å². The van der Waals surface area contributed by atoms with Crippen molar-refractivity contribution in [3.05, 3.63) is 11.6 Å². The Balaban J connectivity index is 2.14. The molecule has 0 saturated heterocycles. The quantitative estimate of drug-likeness (QED) is 0.757. The third-order valence-electron chi connectivity index (χ3n) is 6.12. The van der Waals surface area contributed by atoms with Crippen LogP contribution in [-0.2, 0) is 4.79 Å². The van der Waals surface area contributed by atoms with Gasteiger partial charge in [-0.15, -0.1) is 0 Å². The van der Waals surface area contributed by atoms with Crippen molar-refractivity contribution in [2.75, 3.05) is 6.61 Å². The number of rotatable bonds is 1. The molecule has 2 nitrogen and oxygen atoms in total. The van der Waals surface area contributed by atoms with E-state index in [9.17, 15) is 9.90 Å². The van der Waals surface area contributed by atoms with E-state index in [0.29, 0.717) is 5.92 Å². The molecule has 2 fully saturated rings. The van der Waals surface area contributed by atoms with E-state index in [0.717, 1.165) is 24.8 Å². The number of hydrogen-bond acceptors (Lipinski definition) is 2. The molecule has 0 heterocycles. The number of carbonyl (C=O) groups is 1. The van der Waals surface area contributed by atoms with E-state index in [4.69, 9.17) is 0 Å². The molecular weight excluding hydrogens is 212 g/mol. The van der Waals surface area contributed by atoms with E-state index < -0.39 is 0 Å². The first kappa shape index (κ1) is 11.5. The highest BCUT2D eigenvalue weighted by atomic mass is 16.3. The number of carbonyl (C=O) groups excluding carboxylic acids is 1. The van der Waals surface area contributed by atoms with Gasteiger partial charge in [-0.05, 0) is 47.7 Å². The molecule has 3 rings (SSSR count). The molecule has 0 aromatic heterocycles. The van der Waals surface area contributed by atoms with Gasteiger partial charge in [-0.3, -0.25) is 4.79 Å². The third kappa shape index (κ3) is 1.08. The molecule has 17 heavy (non-hydrogen) atoms. The van der Waals surface area contributed by atoms with Gasteiger partial charge in [0.05, 0.1) is 6.61 Å². The minimum Gasteiger partial charge on any atom is -0.392 e. The maximum Gasteiger partial charge on any atom is 0.162 e. The van der Waals surface area contributed by atoms with Crippen LogP contribution in [0, 0.1) is 22.2 Å². The third-order valence-corrected chi connectivity index (χ3v) is 6.12. The smallest absolute Gasteiger partial charge is 0.162 e. The molecule has 0 amide bonds. The van der Waals surface area contributed by atoms with Crippen LogP contribution in [0.1, 0.15) is 46.5 Å². The van der Waals surface area contributed by atoms with E-state index in [-0.39, 0.29) is 28.6 Å². The lowest BCUT2D eigenvalue weighted by Gasteiger charge is -2.53. The molecule has 0 aromatic carbocycles. The van der Waals surface area contributed by atoms with Gasteiger partial charge in [-0.1, -0.05) is 27.2 Å². The molecule has 0 radical (unpaired) electrons. The fraction of sp³-hybridized carbons (Fsp3) is 0.800. The molecule has 1 spiro atoms. The largest absolute Gasteiger partial charge is 0.392 e. The minimum atomic E-state index is -0.169. The van der Waals surface area contributed by atoms with Crippen LogP contribution < -0.4 is 0 Å². The fourth-order valence-corrected chi connectivity index (χ4v) is 5.07. The molecule has 0 unspecified atom stereocenters. The van der Waals surface area contributed by atoms with Crippen LogP contribution in [0.25, 0.3) is 0 Å². The first-order valence-electron chi connectivity index (χ1n) is 6.75. The van der Waals surface area contributed by atoms with Gasteiger partial charge in [0, 0.05) is 5.41 Å². The lowest BCUT2D eigenvalue weighted by Crippen LogP contribution is -2.51. The second-order valence-electron chi connectivity index (χ2n) is 7.04. The van der Waals surface area contributed by atoms with Crippen molar-refractivity contribution in [1.29, 1.82) is 0 Å². The van der Waals surface area contributed by atoms with Crippen molar-refractivity contribution in [3.63, 3.8) is 0 Å². The van der Waals surface area contributed by atoms with Gasteiger partial charge in [0.25, 0.3) is 0 Å². The van der Waals surface area contributed by atoms with Crippen molar-refractivity contribution in [1.82, 2.24) is 0 Å². The second kappa shape index (κ2) is 3.03. The lowest BCUT2D eigenvalue weighted by molar-refractivity contribution is -0.138. The monoisotopic (exact) mass is 234 g/mol. The summed E-state index contributed by atoms with van der Waals surface area (Å²) in [6, 6.07) is 0. The summed E-state index contributed by atoms with van der Waals surface area (Å²) in [4.78, 5) is 12.5. The highest BCUT2D eigenvalue weighted by Crippen LogP contribution is 2.79. The van der Waals surface area contributed by atoms with Crippen LogP contribution in [0.4, 0.5) is 0 Å². The molecular formula is C15H22O2. The minimum absolute atomic E-state index is 0.0598. The van der Waals surface area contributed by atoms with E-state index in [2.05, 4.69) is 20.8 Å². The number of allylic oxidation sites excluding steroid dienone is 1. The molecule has 3 aliphatic rings. The topological polar surface area (TPSA) is 37.3 Å². The van der Waals surface area contributed by atoms with Gasteiger partial charge in [0.2, 0.25) is 0 Å². The molecule has 0 aliphatic heterocycles. The Morgan fingerprint density at radius 3 is 2.71 bits per heavy atom. The van der Waals surface area contributed by atoms with E-state index in [1.54, 1.807) is 6.08 Å². The van der Waals surface area contributed by atoms with Crippen molar-refractivity contribution in [2.45, 2.75) is 46.5 Å². The number of hydrogen-bond donors (Lipinski definition) is 1. The number of aliphatic hydroxyl groups excluding tert-OH is 1. The van der Waals surface area contributed by atoms with Crippen LogP contribution in [0.3, 0.4) is 0 Å². The fourth-order valence-electron chi connectivity index (χ4n) is 5.07. The first-order valence-corrected chi connectivity index (χ1v) is 6.75. The van der Waals surface area contributed by atoms with Gasteiger partial charge in [0.1, 0.15) is 0 Å². The maximum atomic E-state index is 12.5. The Labute approximate surface area is 103 Å². The zero-order chi connectivity index (χ0) is 12.5. The Morgan fingerprint density at radius 1 is 1.35 bits per heavy atom. The highest BCUT2D eigenvalue weighted by molar-refractivity contribution is 5.98. The Kier molecular flexibility index (Phi) is 2.04. The van der Waals surface area contributed by atoms with Gasteiger partial charge >= 0.3 is 0 Å². The summed E-state index contributed by atoms with van der Waals surface area (Å²) in [6.45, 7) is 6.86. The summed E-state index contributed by atoms with van der Waals surface area (Å²) in [5.74, 6) is 0.730. The van der Waals surface area contributed by atoms with Crippen LogP contribution in [0.2, 0.25) is 0 Å². The van der Waals surface area contributed by atoms with Crippen molar-refractivity contribution in [2.24, 2.45) is 22.2 Å². The molecule has 0 aromatic rings. The standard InChI is InChI=1S/C15H22O2/c1-13(2)5-4-6-14(3)12(17)7-10(9-16)11-8-15(11,13)14/h7,11,16H,4-6,8-9H2,1-3H3/t11-,14-,15-/m0/s1. The summed E-state index contributed by atoms with van der Waals surface area (Å²) >= 11 is 0. The Hall–Kier alpha value is -0.630. The summed E-state index contributed by atoms with van der Waals surface area (Å²) in [5, 5.41) is 9.43. The average Bonchev–Trinajstić information content (AvgIpc) is 2.99. The summed E-state index contributed by atoms with van der Waals surface area (Å²) in [5.41, 5.74) is 1.19. The van der Waals surface area contributed by atoms with E-state index in [1.165, 1.54) is 6.42 Å². The van der Waals surface area contributed by atoms with Crippen molar-refractivity contribution in [3.8, 4) is 0 Å². The van der Waals surface area contributed by atoms with Crippen molar-refractivity contribution < 1.29 is 9.90 Å². The van der Waals surface area contributed by atoms with Gasteiger partial charge in [-0.25, -0.2) is 0 Å². The normalized spacial score (nSPS) is 46.9. The molecule has 3 atom stereocenters. The predicted octanol–water partition coefficient (Wildman–Crippen LogP) is 2.71. The Morgan fingerprint density at radius 2 is 2.06 bits per heavy atom. The van der Waals surface area contributed by atoms with Crippen molar-refractivity contribution >= 4 is 5.78 Å². The maximum absolute atomic E-state index is 12.5. The molecule has 0 bridgehead atoms. The van der Waals surface area contributed by atoms with Crippen LogP contribution >= 0.6 is 0 Å².